The average Bonchev–Trinajstić information content (AvgIpc) is 3.13. The molecule has 0 saturated carbocycles. The number of fused-ring (bicyclic) bond motifs is 3. The molecule has 0 radical (unpaired) electrons. The lowest BCUT2D eigenvalue weighted by Gasteiger charge is -2.26. The van der Waals surface area contributed by atoms with Crippen LogP contribution in [0.15, 0.2) is 36.4 Å². The predicted molar refractivity (Wildman–Crippen MR) is 116 cm³/mol. The molecule has 3 heterocycles. The van der Waals surface area contributed by atoms with Gasteiger partial charge >= 0.3 is 6.03 Å². The summed E-state index contributed by atoms with van der Waals surface area (Å²) in [7, 11) is 0. The second-order valence-corrected chi connectivity index (χ2v) is 8.11. The zero-order valence-electron chi connectivity index (χ0n) is 16.9. The number of nitrogens with one attached hydrogen (secondary N) is 1. The van der Waals surface area contributed by atoms with E-state index in [-0.39, 0.29) is 5.91 Å². The number of benzene rings is 2. The lowest BCUT2D eigenvalue weighted by Crippen LogP contribution is -2.40. The van der Waals surface area contributed by atoms with Crippen molar-refractivity contribution >= 4 is 33.7 Å². The van der Waals surface area contributed by atoms with Gasteiger partial charge in [-0.25, -0.2) is 4.79 Å². The Morgan fingerprint density at radius 2 is 1.73 bits per heavy atom. The van der Waals surface area contributed by atoms with E-state index in [0.29, 0.717) is 43.3 Å². The lowest BCUT2D eigenvalue weighted by atomic mass is 9.89. The third-order valence-electron chi connectivity index (χ3n) is 6.37. The van der Waals surface area contributed by atoms with E-state index in [2.05, 4.69) is 17.4 Å². The minimum Gasteiger partial charge on any atom is -0.378 e. The molecule has 0 bridgehead atoms. The van der Waals surface area contributed by atoms with Crippen molar-refractivity contribution in [3.05, 3.63) is 47.5 Å². The Morgan fingerprint density at radius 3 is 2.47 bits per heavy atom. The number of aromatic nitrogens is 1. The molecule has 7 heteroatoms. The molecule has 0 spiro atoms. The molecule has 1 aromatic heterocycles. The van der Waals surface area contributed by atoms with Gasteiger partial charge in [-0.1, -0.05) is 12.1 Å². The highest BCUT2D eigenvalue weighted by Crippen LogP contribution is 2.34. The van der Waals surface area contributed by atoms with Gasteiger partial charge in [-0.05, 0) is 61.7 Å². The minimum atomic E-state index is -0.541. The van der Waals surface area contributed by atoms with Crippen molar-refractivity contribution in [3.8, 4) is 0 Å². The molecule has 7 nitrogen and oxygen atoms in total. The molecule has 156 valence electrons. The van der Waals surface area contributed by atoms with Crippen LogP contribution < -0.4 is 11.1 Å². The van der Waals surface area contributed by atoms with Gasteiger partial charge in [0.1, 0.15) is 0 Å². The van der Waals surface area contributed by atoms with E-state index in [1.807, 2.05) is 18.2 Å². The molecule has 0 unspecified atom stereocenters. The summed E-state index contributed by atoms with van der Waals surface area (Å²) >= 11 is 0. The van der Waals surface area contributed by atoms with Crippen molar-refractivity contribution < 1.29 is 14.3 Å². The van der Waals surface area contributed by atoms with Crippen molar-refractivity contribution in [2.45, 2.75) is 18.8 Å². The monoisotopic (exact) mass is 406 g/mol. The molecule has 5 rings (SSSR count). The topological polar surface area (TPSA) is 89.6 Å². The zero-order chi connectivity index (χ0) is 20.7. The maximum Gasteiger partial charge on any atom is 0.323 e. The first-order valence-corrected chi connectivity index (χ1v) is 10.6. The number of carbonyl (C=O) groups excluding carboxylic acids is 2. The number of carbonyl (C=O) groups is 2. The van der Waals surface area contributed by atoms with Crippen LogP contribution in [0.5, 0.6) is 0 Å². The number of hydrogen-bond acceptors (Lipinski definition) is 4. The standard InChI is InChI=1S/C23H26N4O3/c24-23(29)27-20-4-2-16(15-5-7-25-8-6-15)13-19(20)18-3-1-17(14-21(18)27)22(28)26-9-11-30-12-10-26/h1-4,13-15,25H,5-12H2,(H2,24,29). The van der Waals surface area contributed by atoms with Crippen LogP contribution in [0, 0.1) is 0 Å². The fourth-order valence-electron chi connectivity index (χ4n) is 4.77. The predicted octanol–water partition coefficient (Wildman–Crippen LogP) is 2.66. The van der Waals surface area contributed by atoms with Crippen LogP contribution >= 0.6 is 0 Å². The molecule has 0 atom stereocenters. The Bertz CT molecular complexity index is 1120. The summed E-state index contributed by atoms with van der Waals surface area (Å²) in [5.41, 5.74) is 9.06. The van der Waals surface area contributed by atoms with Crippen molar-refractivity contribution in [1.29, 1.82) is 0 Å². The van der Waals surface area contributed by atoms with Gasteiger partial charge in [-0.15, -0.1) is 0 Å². The first-order valence-electron chi connectivity index (χ1n) is 10.6. The number of hydrogen-bond donors (Lipinski definition) is 2. The molecular weight excluding hydrogens is 380 g/mol. The van der Waals surface area contributed by atoms with Gasteiger partial charge in [0.2, 0.25) is 0 Å². The molecule has 30 heavy (non-hydrogen) atoms. The molecule has 2 fully saturated rings. The second kappa shape index (κ2) is 7.74. The fraction of sp³-hybridized carbons (Fsp3) is 0.391. The molecular formula is C23H26N4O3. The highest BCUT2D eigenvalue weighted by molar-refractivity contribution is 6.14. The van der Waals surface area contributed by atoms with Crippen molar-refractivity contribution in [1.82, 2.24) is 14.8 Å². The Morgan fingerprint density at radius 1 is 0.967 bits per heavy atom. The van der Waals surface area contributed by atoms with Crippen LogP contribution in [0.1, 0.15) is 34.7 Å². The van der Waals surface area contributed by atoms with Gasteiger partial charge in [-0.2, -0.15) is 0 Å². The van der Waals surface area contributed by atoms with Crippen molar-refractivity contribution in [2.75, 3.05) is 39.4 Å². The van der Waals surface area contributed by atoms with E-state index < -0.39 is 6.03 Å². The lowest BCUT2D eigenvalue weighted by molar-refractivity contribution is 0.0303. The highest BCUT2D eigenvalue weighted by atomic mass is 16.5. The van der Waals surface area contributed by atoms with E-state index in [1.54, 1.807) is 11.0 Å². The van der Waals surface area contributed by atoms with E-state index in [1.165, 1.54) is 10.1 Å². The highest BCUT2D eigenvalue weighted by Gasteiger charge is 2.22. The first-order chi connectivity index (χ1) is 14.6. The maximum atomic E-state index is 12.9. The van der Waals surface area contributed by atoms with E-state index in [9.17, 15) is 9.59 Å². The summed E-state index contributed by atoms with van der Waals surface area (Å²) in [6, 6.07) is 11.3. The number of nitrogens with two attached hydrogens (primary N) is 1. The smallest absolute Gasteiger partial charge is 0.323 e. The molecule has 2 aromatic carbocycles. The number of nitrogens with zero attached hydrogens (tertiary/aromatic N) is 2. The molecule has 2 saturated heterocycles. The molecule has 2 aliphatic rings. The molecule has 3 aromatic rings. The number of ether oxygens (including phenoxy) is 1. The molecule has 0 aliphatic carbocycles. The summed E-state index contributed by atoms with van der Waals surface area (Å²) in [5.74, 6) is 0.474. The third-order valence-corrected chi connectivity index (χ3v) is 6.37. The SMILES string of the molecule is NC(=O)n1c2ccc(C3CCNCC3)cc2c2ccc(C(=O)N3CCOCC3)cc21. The first kappa shape index (κ1) is 19.1. The van der Waals surface area contributed by atoms with Gasteiger partial charge in [0.15, 0.2) is 0 Å². The van der Waals surface area contributed by atoms with E-state index in [0.717, 1.165) is 42.2 Å². The fourth-order valence-corrected chi connectivity index (χ4v) is 4.77. The van der Waals surface area contributed by atoms with E-state index in [4.69, 9.17) is 10.5 Å². The molecule has 2 amide bonds. The summed E-state index contributed by atoms with van der Waals surface area (Å²) in [6.45, 7) is 4.31. The number of piperidine rings is 1. The Kier molecular flexibility index (Phi) is 4.92. The molecule has 2 aliphatic heterocycles. The third kappa shape index (κ3) is 3.24. The number of morpholine rings is 1. The second-order valence-electron chi connectivity index (χ2n) is 8.11. The number of primary amides is 1. The zero-order valence-corrected chi connectivity index (χ0v) is 16.9. The van der Waals surface area contributed by atoms with Gasteiger partial charge < -0.3 is 20.7 Å². The summed E-state index contributed by atoms with van der Waals surface area (Å²) in [6.07, 6.45) is 2.22. The number of rotatable bonds is 2. The Labute approximate surface area is 174 Å². The maximum absolute atomic E-state index is 12.9. The van der Waals surface area contributed by atoms with Crippen molar-refractivity contribution in [3.63, 3.8) is 0 Å². The van der Waals surface area contributed by atoms with E-state index >= 15 is 0 Å². The minimum absolute atomic E-state index is 0.0446. The van der Waals surface area contributed by atoms with Crippen LogP contribution in [0.4, 0.5) is 4.79 Å². The van der Waals surface area contributed by atoms with Crippen LogP contribution in [0.25, 0.3) is 21.8 Å². The van der Waals surface area contributed by atoms with Crippen molar-refractivity contribution in [2.24, 2.45) is 5.73 Å². The van der Waals surface area contributed by atoms with Gasteiger partial charge in [0.05, 0.1) is 24.2 Å². The molecule has 3 N–H and O–H groups in total. The quantitative estimate of drug-likeness (QED) is 0.685. The van der Waals surface area contributed by atoms with Crippen LogP contribution in [0.3, 0.4) is 0 Å². The average molecular weight is 406 g/mol. The largest absolute Gasteiger partial charge is 0.378 e. The Balaban J connectivity index is 1.61. The number of amides is 2. The van der Waals surface area contributed by atoms with Gasteiger partial charge in [0, 0.05) is 29.4 Å². The normalized spacial score (nSPS) is 18.2. The van der Waals surface area contributed by atoms with Gasteiger partial charge in [0.25, 0.3) is 5.91 Å². The van der Waals surface area contributed by atoms with Crippen LogP contribution in [-0.2, 0) is 4.74 Å². The summed E-state index contributed by atoms with van der Waals surface area (Å²) in [4.78, 5) is 27.1. The summed E-state index contributed by atoms with van der Waals surface area (Å²) in [5, 5.41) is 5.35. The van der Waals surface area contributed by atoms with Crippen LogP contribution in [-0.4, -0.2) is 60.8 Å². The summed E-state index contributed by atoms with van der Waals surface area (Å²) < 4.78 is 6.87. The van der Waals surface area contributed by atoms with Gasteiger partial charge in [-0.3, -0.25) is 9.36 Å². The van der Waals surface area contributed by atoms with Crippen LogP contribution in [0.2, 0.25) is 0 Å². The Hall–Kier alpha value is -2.90.